The second-order valence-electron chi connectivity index (χ2n) is 6.80. The fourth-order valence-electron chi connectivity index (χ4n) is 3.24. The molecule has 0 saturated carbocycles. The van der Waals surface area contributed by atoms with E-state index >= 15 is 0 Å². The minimum absolute atomic E-state index is 0.0594. The number of carbonyl (C=O) groups is 1. The molecule has 3 heteroatoms. The molecule has 0 aliphatic heterocycles. The molecule has 2 nitrogen and oxygen atoms in total. The average molecular weight is 346 g/mol. The number of benzene rings is 1. The Bertz CT molecular complexity index is 712. The minimum atomic E-state index is 0.0594. The van der Waals surface area contributed by atoms with E-state index in [1.807, 2.05) is 6.07 Å². The molecule has 1 aromatic heterocycles. The Labute approximate surface area is 134 Å². The third-order valence-electron chi connectivity index (χ3n) is 4.23. The Balaban J connectivity index is 2.02. The van der Waals surface area contributed by atoms with E-state index in [0.717, 1.165) is 23.0 Å². The van der Waals surface area contributed by atoms with Crippen LogP contribution in [0.15, 0.2) is 34.8 Å². The molecule has 0 saturated heterocycles. The monoisotopic (exact) mass is 345 g/mol. The maximum absolute atomic E-state index is 12.4. The molecule has 1 aliphatic carbocycles. The first-order chi connectivity index (χ1) is 9.85. The van der Waals surface area contributed by atoms with Gasteiger partial charge in [-0.15, -0.1) is 0 Å². The van der Waals surface area contributed by atoms with Crippen LogP contribution in [0.5, 0.6) is 0 Å². The molecule has 0 bridgehead atoms. The summed E-state index contributed by atoms with van der Waals surface area (Å²) in [7, 11) is 0. The molecule has 2 aromatic rings. The van der Waals surface area contributed by atoms with Gasteiger partial charge < -0.3 is 4.57 Å². The Hall–Kier alpha value is -1.35. The summed E-state index contributed by atoms with van der Waals surface area (Å²) in [5.74, 6) is 0.289. The van der Waals surface area contributed by atoms with Gasteiger partial charge in [0.1, 0.15) is 0 Å². The summed E-state index contributed by atoms with van der Waals surface area (Å²) in [6.45, 7) is 7.28. The van der Waals surface area contributed by atoms with E-state index in [2.05, 4.69) is 65.5 Å². The van der Waals surface area contributed by atoms with Gasteiger partial charge in [0.05, 0.1) is 0 Å². The van der Waals surface area contributed by atoms with Gasteiger partial charge >= 0.3 is 0 Å². The van der Waals surface area contributed by atoms with Crippen molar-refractivity contribution in [3.05, 3.63) is 57.3 Å². The zero-order valence-electron chi connectivity index (χ0n) is 12.7. The minimum Gasteiger partial charge on any atom is -0.344 e. The van der Waals surface area contributed by atoms with Crippen molar-refractivity contribution in [3.8, 4) is 0 Å². The molecule has 1 aromatic carbocycles. The third kappa shape index (κ3) is 2.84. The SMILES string of the molecule is Cc1cc2c(n1Cc1cccc(Br)c1)CC(C)(C)CC2=O. The highest BCUT2D eigenvalue weighted by molar-refractivity contribution is 9.10. The van der Waals surface area contributed by atoms with E-state index in [0.29, 0.717) is 6.42 Å². The van der Waals surface area contributed by atoms with Crippen molar-refractivity contribution in [2.75, 3.05) is 0 Å². The van der Waals surface area contributed by atoms with Gasteiger partial charge in [0, 0.05) is 34.4 Å². The van der Waals surface area contributed by atoms with E-state index in [9.17, 15) is 4.79 Å². The number of carbonyl (C=O) groups excluding carboxylic acids is 1. The molecule has 0 fully saturated rings. The van der Waals surface area contributed by atoms with Crippen LogP contribution in [-0.2, 0) is 13.0 Å². The molecule has 110 valence electrons. The third-order valence-corrected chi connectivity index (χ3v) is 4.72. The van der Waals surface area contributed by atoms with Crippen molar-refractivity contribution in [1.29, 1.82) is 0 Å². The molecule has 0 radical (unpaired) electrons. The molecule has 0 amide bonds. The van der Waals surface area contributed by atoms with Crippen molar-refractivity contribution in [2.45, 2.75) is 40.2 Å². The van der Waals surface area contributed by atoms with E-state index in [1.165, 1.54) is 17.0 Å². The lowest BCUT2D eigenvalue weighted by molar-refractivity contribution is 0.0910. The Morgan fingerprint density at radius 2 is 2.00 bits per heavy atom. The molecule has 3 rings (SSSR count). The molecule has 0 atom stereocenters. The van der Waals surface area contributed by atoms with Crippen molar-refractivity contribution < 1.29 is 4.79 Å². The largest absolute Gasteiger partial charge is 0.344 e. The summed E-state index contributed by atoms with van der Waals surface area (Å²) < 4.78 is 3.39. The van der Waals surface area contributed by atoms with E-state index in [1.54, 1.807) is 0 Å². The summed E-state index contributed by atoms with van der Waals surface area (Å²) in [6, 6.07) is 10.4. The lowest BCUT2D eigenvalue weighted by Gasteiger charge is -2.30. The number of halogens is 1. The van der Waals surface area contributed by atoms with Gasteiger partial charge in [-0.25, -0.2) is 0 Å². The van der Waals surface area contributed by atoms with Crippen molar-refractivity contribution >= 4 is 21.7 Å². The zero-order chi connectivity index (χ0) is 15.2. The first-order valence-electron chi connectivity index (χ1n) is 7.32. The zero-order valence-corrected chi connectivity index (χ0v) is 14.3. The number of aromatic nitrogens is 1. The highest BCUT2D eigenvalue weighted by Crippen LogP contribution is 2.36. The van der Waals surface area contributed by atoms with Crippen LogP contribution in [0.1, 0.15) is 47.6 Å². The Morgan fingerprint density at radius 3 is 2.71 bits per heavy atom. The van der Waals surface area contributed by atoms with Gasteiger partial charge in [0.25, 0.3) is 0 Å². The van der Waals surface area contributed by atoms with Crippen LogP contribution in [0.3, 0.4) is 0 Å². The topological polar surface area (TPSA) is 22.0 Å². The van der Waals surface area contributed by atoms with E-state index < -0.39 is 0 Å². The molecular weight excluding hydrogens is 326 g/mol. The van der Waals surface area contributed by atoms with Crippen LogP contribution in [-0.4, -0.2) is 10.4 Å². The predicted molar refractivity (Wildman–Crippen MR) is 88.8 cm³/mol. The number of rotatable bonds is 2. The predicted octanol–water partition coefficient (Wildman–Crippen LogP) is 4.76. The summed E-state index contributed by atoms with van der Waals surface area (Å²) in [6.07, 6.45) is 1.62. The molecular formula is C18H20BrNO. The van der Waals surface area contributed by atoms with Crippen LogP contribution in [0.4, 0.5) is 0 Å². The van der Waals surface area contributed by atoms with Crippen LogP contribution >= 0.6 is 15.9 Å². The number of Topliss-reactive ketones (excluding diaryl/α,β-unsaturated/α-hetero) is 1. The van der Waals surface area contributed by atoms with Crippen LogP contribution < -0.4 is 0 Å². The molecule has 0 N–H and O–H groups in total. The summed E-state index contributed by atoms with van der Waals surface area (Å²) in [5.41, 5.74) is 4.62. The van der Waals surface area contributed by atoms with Crippen molar-refractivity contribution in [2.24, 2.45) is 5.41 Å². The van der Waals surface area contributed by atoms with Crippen LogP contribution in [0.2, 0.25) is 0 Å². The lowest BCUT2D eigenvalue weighted by atomic mass is 9.76. The summed E-state index contributed by atoms with van der Waals surface area (Å²) >= 11 is 3.52. The second-order valence-corrected chi connectivity index (χ2v) is 7.72. The number of ketones is 1. The number of nitrogens with zero attached hydrogens (tertiary/aromatic N) is 1. The molecule has 1 heterocycles. The number of fused-ring (bicyclic) bond motifs is 1. The van der Waals surface area contributed by atoms with Gasteiger partial charge in [0.15, 0.2) is 5.78 Å². The normalized spacial score (nSPS) is 16.9. The first kappa shape index (κ1) is 14.6. The lowest BCUT2D eigenvalue weighted by Crippen LogP contribution is -2.28. The van der Waals surface area contributed by atoms with Gasteiger partial charge in [-0.3, -0.25) is 4.79 Å². The standard InChI is InChI=1S/C18H20BrNO/c1-12-7-15-16(9-18(2,3)10-17(15)21)20(12)11-13-5-4-6-14(19)8-13/h4-8H,9-11H2,1-3H3. The molecule has 21 heavy (non-hydrogen) atoms. The summed E-state index contributed by atoms with van der Waals surface area (Å²) in [4.78, 5) is 12.4. The van der Waals surface area contributed by atoms with E-state index in [4.69, 9.17) is 0 Å². The number of hydrogen-bond acceptors (Lipinski definition) is 1. The highest BCUT2D eigenvalue weighted by atomic mass is 79.9. The fourth-order valence-corrected chi connectivity index (χ4v) is 3.69. The quantitative estimate of drug-likeness (QED) is 0.768. The van der Waals surface area contributed by atoms with Gasteiger partial charge in [-0.05, 0) is 42.5 Å². The van der Waals surface area contributed by atoms with Gasteiger partial charge in [-0.2, -0.15) is 0 Å². The van der Waals surface area contributed by atoms with Crippen LogP contribution in [0, 0.1) is 12.3 Å². The smallest absolute Gasteiger partial charge is 0.165 e. The maximum atomic E-state index is 12.4. The maximum Gasteiger partial charge on any atom is 0.165 e. The Morgan fingerprint density at radius 1 is 1.24 bits per heavy atom. The average Bonchev–Trinajstić information content (AvgIpc) is 2.66. The molecule has 1 aliphatic rings. The number of aryl methyl sites for hydroxylation is 1. The fraction of sp³-hybridized carbons (Fsp3) is 0.389. The Kier molecular flexibility index (Phi) is 3.56. The summed E-state index contributed by atoms with van der Waals surface area (Å²) in [5, 5.41) is 0. The first-order valence-corrected chi connectivity index (χ1v) is 8.12. The number of hydrogen-bond donors (Lipinski definition) is 0. The van der Waals surface area contributed by atoms with Gasteiger partial charge in [-0.1, -0.05) is 41.9 Å². The van der Waals surface area contributed by atoms with E-state index in [-0.39, 0.29) is 11.2 Å². The van der Waals surface area contributed by atoms with Crippen molar-refractivity contribution in [3.63, 3.8) is 0 Å². The highest BCUT2D eigenvalue weighted by Gasteiger charge is 2.33. The second kappa shape index (κ2) is 5.13. The van der Waals surface area contributed by atoms with Crippen LogP contribution in [0.25, 0.3) is 0 Å². The molecule has 0 spiro atoms. The molecule has 0 unspecified atom stereocenters. The van der Waals surface area contributed by atoms with Crippen molar-refractivity contribution in [1.82, 2.24) is 4.57 Å². The van der Waals surface area contributed by atoms with Gasteiger partial charge in [0.2, 0.25) is 0 Å².